The van der Waals surface area contributed by atoms with Gasteiger partial charge in [-0.05, 0) is 5.56 Å². The molecule has 86 valence electrons. The molecule has 1 amide bonds. The number of nitrogens with two attached hydrogens (primary N) is 1. The van der Waals surface area contributed by atoms with Crippen LogP contribution in [0.4, 0.5) is 0 Å². The van der Waals surface area contributed by atoms with Gasteiger partial charge < -0.3 is 10.5 Å². The highest BCUT2D eigenvalue weighted by atomic mass is 16.5. The molecule has 1 aromatic carbocycles. The minimum absolute atomic E-state index is 0.437. The van der Waals surface area contributed by atoms with Crippen LogP contribution in [0.25, 0.3) is 0 Å². The Balaban J connectivity index is 3.01. The molecule has 0 aromatic heterocycles. The molecule has 2 atom stereocenters. The molecule has 0 saturated heterocycles. The van der Waals surface area contributed by atoms with Crippen molar-refractivity contribution in [3.8, 4) is 0 Å². The third-order valence-electron chi connectivity index (χ3n) is 2.54. The zero-order valence-electron chi connectivity index (χ0n) is 9.34. The average Bonchev–Trinajstić information content (AvgIpc) is 2.29. The first-order chi connectivity index (χ1) is 7.57. The number of methoxy groups -OCH3 is 1. The van der Waals surface area contributed by atoms with E-state index < -0.39 is 23.7 Å². The summed E-state index contributed by atoms with van der Waals surface area (Å²) in [6, 6.07) is 8.98. The fraction of sp³-hybridized carbons (Fsp3) is 0.333. The summed E-state index contributed by atoms with van der Waals surface area (Å²) in [6.07, 6.45) is 0. The maximum Gasteiger partial charge on any atom is 0.309 e. The van der Waals surface area contributed by atoms with Gasteiger partial charge in [-0.1, -0.05) is 37.3 Å². The quantitative estimate of drug-likeness (QED) is 0.773. The van der Waals surface area contributed by atoms with Gasteiger partial charge in [0.25, 0.3) is 0 Å². The molecule has 0 spiro atoms. The predicted octanol–water partition coefficient (Wildman–Crippen LogP) is 1.06. The van der Waals surface area contributed by atoms with Crippen molar-refractivity contribution in [3.05, 3.63) is 35.9 Å². The average molecular weight is 221 g/mol. The fourth-order valence-electron chi connectivity index (χ4n) is 1.68. The van der Waals surface area contributed by atoms with Gasteiger partial charge in [-0.25, -0.2) is 0 Å². The molecule has 0 aliphatic heterocycles. The summed E-state index contributed by atoms with van der Waals surface area (Å²) < 4.78 is 4.62. The maximum atomic E-state index is 11.4. The third-order valence-corrected chi connectivity index (χ3v) is 2.54. The van der Waals surface area contributed by atoms with Crippen molar-refractivity contribution in [1.82, 2.24) is 0 Å². The number of ether oxygens (including phenoxy) is 1. The largest absolute Gasteiger partial charge is 0.469 e. The molecule has 0 saturated carbocycles. The molecule has 1 aromatic rings. The van der Waals surface area contributed by atoms with Crippen molar-refractivity contribution in [2.75, 3.05) is 7.11 Å². The van der Waals surface area contributed by atoms with E-state index in [1.54, 1.807) is 31.2 Å². The van der Waals surface area contributed by atoms with Crippen LogP contribution in [0, 0.1) is 5.92 Å². The number of primary amides is 1. The monoisotopic (exact) mass is 221 g/mol. The Morgan fingerprint density at radius 3 is 2.25 bits per heavy atom. The summed E-state index contributed by atoms with van der Waals surface area (Å²) in [5.41, 5.74) is 6.04. The lowest BCUT2D eigenvalue weighted by atomic mass is 9.87. The molecule has 16 heavy (non-hydrogen) atoms. The lowest BCUT2D eigenvalue weighted by molar-refractivity contribution is -0.147. The van der Waals surface area contributed by atoms with Gasteiger partial charge >= 0.3 is 5.97 Å². The van der Waals surface area contributed by atoms with Crippen LogP contribution in [0.5, 0.6) is 0 Å². The Morgan fingerprint density at radius 2 is 1.81 bits per heavy atom. The van der Waals surface area contributed by atoms with E-state index in [2.05, 4.69) is 4.74 Å². The summed E-state index contributed by atoms with van der Waals surface area (Å²) in [5.74, 6) is -2.18. The Kier molecular flexibility index (Phi) is 4.05. The van der Waals surface area contributed by atoms with Crippen LogP contribution in [0.2, 0.25) is 0 Å². The van der Waals surface area contributed by atoms with E-state index in [1.807, 2.05) is 6.07 Å². The first kappa shape index (κ1) is 12.2. The van der Waals surface area contributed by atoms with Crippen LogP contribution < -0.4 is 5.73 Å². The second kappa shape index (κ2) is 5.30. The van der Waals surface area contributed by atoms with E-state index in [0.717, 1.165) is 5.56 Å². The SMILES string of the molecule is COC(=O)C(C)C(C(N)=O)c1ccccc1. The Hall–Kier alpha value is -1.84. The van der Waals surface area contributed by atoms with Gasteiger partial charge in [-0.2, -0.15) is 0 Å². The van der Waals surface area contributed by atoms with Crippen LogP contribution in [0.15, 0.2) is 30.3 Å². The normalized spacial score (nSPS) is 13.9. The first-order valence-corrected chi connectivity index (χ1v) is 5.00. The highest BCUT2D eigenvalue weighted by molar-refractivity contribution is 5.88. The van der Waals surface area contributed by atoms with E-state index in [1.165, 1.54) is 7.11 Å². The van der Waals surface area contributed by atoms with Gasteiger partial charge in [0.2, 0.25) is 5.91 Å². The number of carbonyl (C=O) groups is 2. The molecule has 1 rings (SSSR count). The molecule has 2 unspecified atom stereocenters. The van der Waals surface area contributed by atoms with Crippen molar-refractivity contribution in [3.63, 3.8) is 0 Å². The molecule has 0 fully saturated rings. The molecular weight excluding hydrogens is 206 g/mol. The predicted molar refractivity (Wildman–Crippen MR) is 59.6 cm³/mol. The topological polar surface area (TPSA) is 69.4 Å². The van der Waals surface area contributed by atoms with Gasteiger partial charge in [0.05, 0.1) is 18.9 Å². The standard InChI is InChI=1S/C12H15NO3/c1-8(12(15)16-2)10(11(13)14)9-6-4-3-5-7-9/h3-8,10H,1-2H3,(H2,13,14). The molecule has 2 N–H and O–H groups in total. The molecule has 0 aliphatic carbocycles. The molecule has 0 bridgehead atoms. The fourth-order valence-corrected chi connectivity index (χ4v) is 1.68. The van der Waals surface area contributed by atoms with Crippen LogP contribution in [0.3, 0.4) is 0 Å². The van der Waals surface area contributed by atoms with Crippen LogP contribution in [0.1, 0.15) is 18.4 Å². The van der Waals surface area contributed by atoms with Gasteiger partial charge in [0, 0.05) is 0 Å². The van der Waals surface area contributed by atoms with Gasteiger partial charge in [-0.15, -0.1) is 0 Å². The van der Waals surface area contributed by atoms with Crippen LogP contribution in [-0.4, -0.2) is 19.0 Å². The molecule has 0 aliphatic rings. The Bertz CT molecular complexity index is 375. The van der Waals surface area contributed by atoms with Crippen molar-refractivity contribution in [1.29, 1.82) is 0 Å². The number of esters is 1. The lowest BCUT2D eigenvalue weighted by Gasteiger charge is -2.19. The Labute approximate surface area is 94.4 Å². The molecule has 0 radical (unpaired) electrons. The number of rotatable bonds is 4. The number of hydrogen-bond donors (Lipinski definition) is 1. The highest BCUT2D eigenvalue weighted by Crippen LogP contribution is 2.25. The minimum Gasteiger partial charge on any atom is -0.469 e. The van der Waals surface area contributed by atoms with Crippen LogP contribution >= 0.6 is 0 Å². The molecular formula is C12H15NO3. The van der Waals surface area contributed by atoms with E-state index in [-0.39, 0.29) is 0 Å². The zero-order chi connectivity index (χ0) is 12.1. The number of carbonyl (C=O) groups excluding carboxylic acids is 2. The van der Waals surface area contributed by atoms with E-state index >= 15 is 0 Å². The summed E-state index contributed by atoms with van der Waals surface area (Å²) in [5, 5.41) is 0. The van der Waals surface area contributed by atoms with Gasteiger partial charge in [0.15, 0.2) is 0 Å². The molecule has 4 heteroatoms. The summed E-state index contributed by atoms with van der Waals surface area (Å²) in [7, 11) is 1.29. The third kappa shape index (κ3) is 2.59. The van der Waals surface area contributed by atoms with Crippen molar-refractivity contribution < 1.29 is 14.3 Å². The van der Waals surface area contributed by atoms with Crippen molar-refractivity contribution >= 4 is 11.9 Å². The summed E-state index contributed by atoms with van der Waals surface area (Å²) in [4.78, 5) is 22.8. The number of amides is 1. The second-order valence-corrected chi connectivity index (χ2v) is 3.60. The minimum atomic E-state index is -0.645. The van der Waals surface area contributed by atoms with Crippen molar-refractivity contribution in [2.45, 2.75) is 12.8 Å². The van der Waals surface area contributed by atoms with Crippen LogP contribution in [-0.2, 0) is 14.3 Å². The highest BCUT2D eigenvalue weighted by Gasteiger charge is 2.30. The number of benzene rings is 1. The lowest BCUT2D eigenvalue weighted by Crippen LogP contribution is -2.31. The van der Waals surface area contributed by atoms with E-state index in [0.29, 0.717) is 0 Å². The summed E-state index contributed by atoms with van der Waals surface area (Å²) in [6.45, 7) is 1.63. The zero-order valence-corrected chi connectivity index (χ0v) is 9.34. The molecule has 0 heterocycles. The summed E-state index contributed by atoms with van der Waals surface area (Å²) >= 11 is 0. The number of hydrogen-bond acceptors (Lipinski definition) is 3. The molecule has 4 nitrogen and oxygen atoms in total. The van der Waals surface area contributed by atoms with Gasteiger partial charge in [0.1, 0.15) is 0 Å². The van der Waals surface area contributed by atoms with Crippen molar-refractivity contribution in [2.24, 2.45) is 11.7 Å². The van der Waals surface area contributed by atoms with Gasteiger partial charge in [-0.3, -0.25) is 9.59 Å². The maximum absolute atomic E-state index is 11.4. The smallest absolute Gasteiger partial charge is 0.309 e. The first-order valence-electron chi connectivity index (χ1n) is 5.00. The second-order valence-electron chi connectivity index (χ2n) is 3.60. The van der Waals surface area contributed by atoms with E-state index in [9.17, 15) is 9.59 Å². The van der Waals surface area contributed by atoms with E-state index in [4.69, 9.17) is 5.73 Å². The Morgan fingerprint density at radius 1 is 1.25 bits per heavy atom.